The zero-order chi connectivity index (χ0) is 14.3. The van der Waals surface area contributed by atoms with Gasteiger partial charge in [0.25, 0.3) is 0 Å². The minimum atomic E-state index is 0.728. The average molecular weight is 262 g/mol. The van der Waals surface area contributed by atoms with E-state index in [-0.39, 0.29) is 0 Å². The molecule has 0 aromatic heterocycles. The highest BCUT2D eigenvalue weighted by atomic mass is 14.3. The van der Waals surface area contributed by atoms with E-state index in [0.717, 1.165) is 23.7 Å². The molecule has 0 heteroatoms. The first kappa shape index (κ1) is 16.5. The summed E-state index contributed by atoms with van der Waals surface area (Å²) in [6.45, 7) is 14.9. The highest BCUT2D eigenvalue weighted by molar-refractivity contribution is 4.97. The van der Waals surface area contributed by atoms with Gasteiger partial charge in [-0.3, -0.25) is 0 Å². The van der Waals surface area contributed by atoms with Gasteiger partial charge in [0.2, 0.25) is 0 Å². The SMILES string of the molecule is C=CCCCC(C)CC1CCC(C(C)C(=C)C)CC1. The predicted molar refractivity (Wildman–Crippen MR) is 87.3 cm³/mol. The lowest BCUT2D eigenvalue weighted by molar-refractivity contribution is 0.206. The van der Waals surface area contributed by atoms with Crippen LogP contribution in [-0.4, -0.2) is 0 Å². The lowest BCUT2D eigenvalue weighted by Gasteiger charge is -2.33. The van der Waals surface area contributed by atoms with Crippen molar-refractivity contribution in [1.29, 1.82) is 0 Å². The minimum absolute atomic E-state index is 0.728. The molecule has 1 fully saturated rings. The largest absolute Gasteiger partial charge is 0.103 e. The third-order valence-corrected chi connectivity index (χ3v) is 5.22. The number of rotatable bonds is 8. The van der Waals surface area contributed by atoms with Gasteiger partial charge < -0.3 is 0 Å². The van der Waals surface area contributed by atoms with Crippen LogP contribution in [-0.2, 0) is 0 Å². The molecule has 1 aliphatic carbocycles. The van der Waals surface area contributed by atoms with Gasteiger partial charge in [0.1, 0.15) is 0 Å². The van der Waals surface area contributed by atoms with Crippen LogP contribution in [0, 0.1) is 23.7 Å². The first-order valence-corrected chi connectivity index (χ1v) is 8.30. The number of allylic oxidation sites excluding steroid dienone is 2. The van der Waals surface area contributed by atoms with E-state index in [1.807, 2.05) is 0 Å². The molecule has 0 aromatic carbocycles. The van der Waals surface area contributed by atoms with Crippen LogP contribution in [0.4, 0.5) is 0 Å². The smallest absolute Gasteiger partial charge is 0.0209 e. The molecule has 2 unspecified atom stereocenters. The summed E-state index contributed by atoms with van der Waals surface area (Å²) in [5.74, 6) is 3.53. The molecular weight excluding hydrogens is 228 g/mol. The van der Waals surface area contributed by atoms with Gasteiger partial charge in [0, 0.05) is 0 Å². The Kier molecular flexibility index (Phi) is 7.49. The van der Waals surface area contributed by atoms with Crippen molar-refractivity contribution >= 4 is 0 Å². The maximum atomic E-state index is 4.13. The number of hydrogen-bond acceptors (Lipinski definition) is 0. The third kappa shape index (κ3) is 5.97. The van der Waals surface area contributed by atoms with Crippen molar-refractivity contribution in [2.75, 3.05) is 0 Å². The van der Waals surface area contributed by atoms with Crippen LogP contribution in [0.5, 0.6) is 0 Å². The molecule has 0 aliphatic heterocycles. The van der Waals surface area contributed by atoms with Crippen LogP contribution < -0.4 is 0 Å². The fourth-order valence-electron chi connectivity index (χ4n) is 3.62. The Labute approximate surface area is 121 Å². The summed E-state index contributed by atoms with van der Waals surface area (Å²) in [6.07, 6.45) is 13.2. The Morgan fingerprint density at radius 2 is 1.84 bits per heavy atom. The van der Waals surface area contributed by atoms with E-state index in [9.17, 15) is 0 Å². The molecule has 0 nitrogen and oxygen atoms in total. The van der Waals surface area contributed by atoms with Gasteiger partial charge in [-0.25, -0.2) is 0 Å². The van der Waals surface area contributed by atoms with Gasteiger partial charge in [-0.05, 0) is 62.7 Å². The van der Waals surface area contributed by atoms with Crippen molar-refractivity contribution in [3.63, 3.8) is 0 Å². The van der Waals surface area contributed by atoms with Crippen molar-refractivity contribution in [2.45, 2.75) is 72.1 Å². The maximum absolute atomic E-state index is 4.13. The van der Waals surface area contributed by atoms with Crippen LogP contribution in [0.2, 0.25) is 0 Å². The molecule has 0 saturated heterocycles. The summed E-state index contributed by atoms with van der Waals surface area (Å²) >= 11 is 0. The maximum Gasteiger partial charge on any atom is -0.0209 e. The second kappa shape index (κ2) is 8.61. The second-order valence-electron chi connectivity index (χ2n) is 6.98. The highest BCUT2D eigenvalue weighted by Gasteiger charge is 2.26. The first-order valence-electron chi connectivity index (χ1n) is 8.30. The van der Waals surface area contributed by atoms with Crippen LogP contribution in [0.15, 0.2) is 24.8 Å². The van der Waals surface area contributed by atoms with E-state index in [1.54, 1.807) is 0 Å². The fourth-order valence-corrected chi connectivity index (χ4v) is 3.62. The molecule has 19 heavy (non-hydrogen) atoms. The molecular formula is C19H34. The Bertz CT molecular complexity index is 268. The summed E-state index contributed by atoms with van der Waals surface area (Å²) in [5.41, 5.74) is 1.38. The Balaban J connectivity index is 2.22. The van der Waals surface area contributed by atoms with E-state index in [1.165, 1.54) is 56.9 Å². The van der Waals surface area contributed by atoms with E-state index in [0.29, 0.717) is 0 Å². The first-order chi connectivity index (χ1) is 9.04. The molecule has 2 atom stereocenters. The third-order valence-electron chi connectivity index (χ3n) is 5.22. The Morgan fingerprint density at radius 1 is 1.21 bits per heavy atom. The molecule has 110 valence electrons. The van der Waals surface area contributed by atoms with Gasteiger partial charge in [-0.2, -0.15) is 0 Å². The number of hydrogen-bond donors (Lipinski definition) is 0. The monoisotopic (exact) mass is 262 g/mol. The Hall–Kier alpha value is -0.520. The van der Waals surface area contributed by atoms with Crippen molar-refractivity contribution in [2.24, 2.45) is 23.7 Å². The summed E-state index contributed by atoms with van der Waals surface area (Å²) in [5, 5.41) is 0. The van der Waals surface area contributed by atoms with Crippen LogP contribution in [0.1, 0.15) is 72.1 Å². The van der Waals surface area contributed by atoms with Crippen molar-refractivity contribution in [1.82, 2.24) is 0 Å². The fraction of sp³-hybridized carbons (Fsp3) is 0.789. The molecule has 1 rings (SSSR count). The lowest BCUT2D eigenvalue weighted by Crippen LogP contribution is -2.21. The van der Waals surface area contributed by atoms with Crippen molar-refractivity contribution in [3.8, 4) is 0 Å². The van der Waals surface area contributed by atoms with Crippen LogP contribution in [0.25, 0.3) is 0 Å². The molecule has 0 heterocycles. The summed E-state index contributed by atoms with van der Waals surface area (Å²) < 4.78 is 0. The van der Waals surface area contributed by atoms with Gasteiger partial charge >= 0.3 is 0 Å². The molecule has 0 radical (unpaired) electrons. The topological polar surface area (TPSA) is 0 Å². The van der Waals surface area contributed by atoms with Gasteiger partial charge in [0.05, 0.1) is 0 Å². The van der Waals surface area contributed by atoms with E-state index in [4.69, 9.17) is 0 Å². The number of unbranched alkanes of at least 4 members (excludes halogenated alkanes) is 1. The molecule has 0 amide bonds. The van der Waals surface area contributed by atoms with Gasteiger partial charge in [0.15, 0.2) is 0 Å². The summed E-state index contributed by atoms with van der Waals surface area (Å²) in [7, 11) is 0. The molecule has 0 N–H and O–H groups in total. The van der Waals surface area contributed by atoms with E-state index >= 15 is 0 Å². The van der Waals surface area contributed by atoms with Crippen LogP contribution in [0.3, 0.4) is 0 Å². The van der Waals surface area contributed by atoms with Gasteiger partial charge in [-0.1, -0.05) is 51.3 Å². The zero-order valence-electron chi connectivity index (χ0n) is 13.5. The molecule has 1 saturated carbocycles. The second-order valence-corrected chi connectivity index (χ2v) is 6.98. The average Bonchev–Trinajstić information content (AvgIpc) is 2.39. The van der Waals surface area contributed by atoms with Crippen LogP contribution >= 0.6 is 0 Å². The van der Waals surface area contributed by atoms with Crippen molar-refractivity contribution < 1.29 is 0 Å². The predicted octanol–water partition coefficient (Wildman–Crippen LogP) is 6.39. The molecule has 0 aromatic rings. The quantitative estimate of drug-likeness (QED) is 0.351. The lowest BCUT2D eigenvalue weighted by atomic mass is 9.72. The van der Waals surface area contributed by atoms with Gasteiger partial charge in [-0.15, -0.1) is 6.58 Å². The normalized spacial score (nSPS) is 26.7. The minimum Gasteiger partial charge on any atom is -0.103 e. The van der Waals surface area contributed by atoms with E-state index in [2.05, 4.69) is 40.0 Å². The zero-order valence-corrected chi connectivity index (χ0v) is 13.5. The molecule has 0 spiro atoms. The standard InChI is InChI=1S/C19H34/c1-6-7-8-9-16(4)14-18-10-12-19(13-11-18)17(5)15(2)3/h6,16-19H,1-2,7-14H2,3-5H3. The van der Waals surface area contributed by atoms with Crippen molar-refractivity contribution in [3.05, 3.63) is 24.8 Å². The summed E-state index contributed by atoms with van der Waals surface area (Å²) in [4.78, 5) is 0. The molecule has 1 aliphatic rings. The summed E-state index contributed by atoms with van der Waals surface area (Å²) in [6, 6.07) is 0. The van der Waals surface area contributed by atoms with E-state index < -0.39 is 0 Å². The Morgan fingerprint density at radius 3 is 2.37 bits per heavy atom. The molecule has 0 bridgehead atoms. The highest BCUT2D eigenvalue weighted by Crippen LogP contribution is 2.38.